The van der Waals surface area contributed by atoms with E-state index >= 15 is 0 Å². The Kier molecular flexibility index (Phi) is 2.95. The van der Waals surface area contributed by atoms with Crippen LogP contribution in [0.15, 0.2) is 18.2 Å². The number of aromatic nitrogens is 1. The van der Waals surface area contributed by atoms with Crippen LogP contribution in [0.3, 0.4) is 0 Å². The van der Waals surface area contributed by atoms with Crippen molar-refractivity contribution in [3.63, 3.8) is 0 Å². The molecule has 1 fully saturated rings. The third kappa shape index (κ3) is 2.35. The van der Waals surface area contributed by atoms with E-state index in [1.165, 1.54) is 6.07 Å². The summed E-state index contributed by atoms with van der Waals surface area (Å²) in [5.74, 6) is -1.78. The van der Waals surface area contributed by atoms with Gasteiger partial charge in [-0.1, -0.05) is 6.07 Å². The van der Waals surface area contributed by atoms with Crippen LogP contribution in [-0.4, -0.2) is 40.2 Å². The SMILES string of the molecule is O=C(O)c1cccc(N2CCC(C(=O)O)C2)n1. The Morgan fingerprint density at radius 1 is 1.35 bits per heavy atom. The number of carbonyl (C=O) groups is 2. The predicted octanol–water partition coefficient (Wildman–Crippen LogP) is 0.691. The molecule has 1 atom stereocenters. The average Bonchev–Trinajstić information content (AvgIpc) is 2.78. The Morgan fingerprint density at radius 3 is 2.71 bits per heavy atom. The van der Waals surface area contributed by atoms with Gasteiger partial charge >= 0.3 is 11.9 Å². The van der Waals surface area contributed by atoms with Crippen molar-refractivity contribution < 1.29 is 19.8 Å². The molecule has 2 rings (SSSR count). The number of hydrogen-bond acceptors (Lipinski definition) is 4. The number of carboxylic acids is 2. The zero-order valence-corrected chi connectivity index (χ0v) is 9.04. The van der Waals surface area contributed by atoms with Crippen LogP contribution in [-0.2, 0) is 4.79 Å². The number of aromatic carboxylic acids is 1. The second-order valence-corrected chi connectivity index (χ2v) is 3.96. The summed E-state index contributed by atoms with van der Waals surface area (Å²) in [6, 6.07) is 4.72. The maximum atomic E-state index is 10.8. The van der Waals surface area contributed by atoms with E-state index in [2.05, 4.69) is 4.98 Å². The van der Waals surface area contributed by atoms with Crippen molar-refractivity contribution in [2.24, 2.45) is 5.92 Å². The fourth-order valence-electron chi connectivity index (χ4n) is 1.89. The van der Waals surface area contributed by atoms with Gasteiger partial charge < -0.3 is 15.1 Å². The molecule has 2 heterocycles. The van der Waals surface area contributed by atoms with Crippen LogP contribution in [0.25, 0.3) is 0 Å². The normalized spacial score (nSPS) is 19.3. The van der Waals surface area contributed by atoms with Crippen molar-refractivity contribution in [2.45, 2.75) is 6.42 Å². The summed E-state index contributed by atoms with van der Waals surface area (Å²) < 4.78 is 0. The highest BCUT2D eigenvalue weighted by atomic mass is 16.4. The monoisotopic (exact) mass is 236 g/mol. The maximum Gasteiger partial charge on any atom is 0.354 e. The molecule has 6 nitrogen and oxygen atoms in total. The number of aliphatic carboxylic acids is 1. The van der Waals surface area contributed by atoms with E-state index in [0.717, 1.165) is 0 Å². The summed E-state index contributed by atoms with van der Waals surface area (Å²) in [4.78, 5) is 27.4. The maximum absolute atomic E-state index is 10.8. The lowest BCUT2D eigenvalue weighted by Gasteiger charge is -2.16. The highest BCUT2D eigenvalue weighted by Crippen LogP contribution is 2.22. The molecule has 0 aromatic carbocycles. The van der Waals surface area contributed by atoms with E-state index in [9.17, 15) is 9.59 Å². The van der Waals surface area contributed by atoms with Gasteiger partial charge in [0, 0.05) is 13.1 Å². The molecule has 0 spiro atoms. The average molecular weight is 236 g/mol. The smallest absolute Gasteiger partial charge is 0.354 e. The number of carboxylic acid groups (broad SMARTS) is 2. The topological polar surface area (TPSA) is 90.7 Å². The summed E-state index contributed by atoms with van der Waals surface area (Å²) >= 11 is 0. The van der Waals surface area contributed by atoms with Gasteiger partial charge in [-0.3, -0.25) is 4.79 Å². The largest absolute Gasteiger partial charge is 0.481 e. The highest BCUT2D eigenvalue weighted by molar-refractivity contribution is 5.85. The van der Waals surface area contributed by atoms with Gasteiger partial charge in [-0.05, 0) is 18.6 Å². The van der Waals surface area contributed by atoms with Crippen LogP contribution in [0, 0.1) is 5.92 Å². The van der Waals surface area contributed by atoms with E-state index in [-0.39, 0.29) is 5.69 Å². The van der Waals surface area contributed by atoms with Crippen molar-refractivity contribution in [1.29, 1.82) is 0 Å². The lowest BCUT2D eigenvalue weighted by molar-refractivity contribution is -0.140. The summed E-state index contributed by atoms with van der Waals surface area (Å²) in [7, 11) is 0. The molecule has 1 aliphatic heterocycles. The minimum absolute atomic E-state index is 0.0266. The van der Waals surface area contributed by atoms with Crippen molar-refractivity contribution in [1.82, 2.24) is 4.98 Å². The quantitative estimate of drug-likeness (QED) is 0.802. The Morgan fingerprint density at radius 2 is 2.12 bits per heavy atom. The van der Waals surface area contributed by atoms with Crippen LogP contribution in [0.2, 0.25) is 0 Å². The number of anilines is 1. The lowest BCUT2D eigenvalue weighted by atomic mass is 10.1. The van der Waals surface area contributed by atoms with Crippen molar-refractivity contribution in [3.8, 4) is 0 Å². The molecule has 90 valence electrons. The third-order valence-corrected chi connectivity index (χ3v) is 2.81. The molecule has 1 aromatic heterocycles. The van der Waals surface area contributed by atoms with Gasteiger partial charge in [0.1, 0.15) is 5.82 Å². The van der Waals surface area contributed by atoms with E-state index in [4.69, 9.17) is 10.2 Å². The van der Waals surface area contributed by atoms with Crippen LogP contribution in [0.4, 0.5) is 5.82 Å². The van der Waals surface area contributed by atoms with E-state index in [1.54, 1.807) is 17.0 Å². The Labute approximate surface area is 97.5 Å². The first kappa shape index (κ1) is 11.4. The minimum atomic E-state index is -1.08. The van der Waals surface area contributed by atoms with Gasteiger partial charge in [0.25, 0.3) is 0 Å². The molecule has 1 aliphatic rings. The molecule has 1 saturated heterocycles. The highest BCUT2D eigenvalue weighted by Gasteiger charge is 2.28. The van der Waals surface area contributed by atoms with E-state index < -0.39 is 17.9 Å². The molecular formula is C11H12N2O4. The first-order valence-corrected chi connectivity index (χ1v) is 5.26. The van der Waals surface area contributed by atoms with Crippen molar-refractivity contribution in [3.05, 3.63) is 23.9 Å². The first-order chi connectivity index (χ1) is 8.08. The minimum Gasteiger partial charge on any atom is -0.481 e. The Bertz CT molecular complexity index is 461. The zero-order chi connectivity index (χ0) is 12.4. The van der Waals surface area contributed by atoms with Crippen molar-refractivity contribution >= 4 is 17.8 Å². The van der Waals surface area contributed by atoms with Crippen LogP contribution >= 0.6 is 0 Å². The standard InChI is InChI=1S/C11H12N2O4/c14-10(15)7-4-5-13(6-7)9-3-1-2-8(12-9)11(16)17/h1-3,7H,4-6H2,(H,14,15)(H,16,17). The summed E-state index contributed by atoms with van der Waals surface area (Å²) in [6.07, 6.45) is 0.564. The molecule has 1 unspecified atom stereocenters. The molecule has 17 heavy (non-hydrogen) atoms. The Hall–Kier alpha value is -2.11. The van der Waals surface area contributed by atoms with Gasteiger partial charge in [0.2, 0.25) is 0 Å². The van der Waals surface area contributed by atoms with E-state index in [0.29, 0.717) is 25.3 Å². The molecule has 1 aromatic rings. The second kappa shape index (κ2) is 4.40. The second-order valence-electron chi connectivity index (χ2n) is 3.96. The number of rotatable bonds is 3. The number of pyridine rings is 1. The van der Waals surface area contributed by atoms with Crippen molar-refractivity contribution in [2.75, 3.05) is 18.0 Å². The lowest BCUT2D eigenvalue weighted by Crippen LogP contribution is -2.23. The molecule has 0 bridgehead atoms. The molecule has 0 aliphatic carbocycles. The first-order valence-electron chi connectivity index (χ1n) is 5.26. The van der Waals surface area contributed by atoms with Gasteiger partial charge in [-0.25, -0.2) is 9.78 Å². The molecule has 0 saturated carbocycles. The molecular weight excluding hydrogens is 224 g/mol. The van der Waals surface area contributed by atoms with Gasteiger partial charge in [0.05, 0.1) is 5.92 Å². The fraction of sp³-hybridized carbons (Fsp3) is 0.364. The van der Waals surface area contributed by atoms with Gasteiger partial charge in [0.15, 0.2) is 5.69 Å². The summed E-state index contributed by atoms with van der Waals surface area (Å²) in [5.41, 5.74) is -0.0266. The molecule has 6 heteroatoms. The van der Waals surface area contributed by atoms with Crippen LogP contribution in [0.5, 0.6) is 0 Å². The molecule has 2 N–H and O–H groups in total. The molecule has 0 amide bonds. The third-order valence-electron chi connectivity index (χ3n) is 2.81. The molecule has 0 radical (unpaired) electrons. The van der Waals surface area contributed by atoms with Crippen LogP contribution in [0.1, 0.15) is 16.9 Å². The number of hydrogen-bond donors (Lipinski definition) is 2. The van der Waals surface area contributed by atoms with Crippen LogP contribution < -0.4 is 4.90 Å². The van der Waals surface area contributed by atoms with Gasteiger partial charge in [-0.15, -0.1) is 0 Å². The zero-order valence-electron chi connectivity index (χ0n) is 9.04. The Balaban J connectivity index is 2.16. The van der Waals surface area contributed by atoms with Gasteiger partial charge in [-0.2, -0.15) is 0 Å². The summed E-state index contributed by atoms with van der Waals surface area (Å²) in [6.45, 7) is 0.971. The fourth-order valence-corrected chi connectivity index (χ4v) is 1.89. The number of nitrogens with zero attached hydrogens (tertiary/aromatic N) is 2. The summed E-state index contributed by atoms with van der Waals surface area (Å²) in [5, 5.41) is 17.7. The van der Waals surface area contributed by atoms with E-state index in [1.807, 2.05) is 0 Å². The predicted molar refractivity (Wildman–Crippen MR) is 59.2 cm³/mol.